The molecule has 0 bridgehead atoms. The zero-order chi connectivity index (χ0) is 17.2. The van der Waals surface area contributed by atoms with Gasteiger partial charge in [-0.3, -0.25) is 15.5 Å². The molecular weight excluding hydrogens is 408 g/mol. The van der Waals surface area contributed by atoms with Gasteiger partial charge >= 0.3 is 0 Å². The second-order valence-electron chi connectivity index (χ2n) is 4.39. The normalized spacial score (nSPS) is 12.2. The van der Waals surface area contributed by atoms with Crippen LogP contribution < -0.4 is 10.6 Å². The fourth-order valence-corrected chi connectivity index (χ4v) is 3.51. The minimum absolute atomic E-state index is 0.0670. The molecule has 2 aromatic rings. The van der Waals surface area contributed by atoms with E-state index in [0.29, 0.717) is 5.71 Å². The van der Waals surface area contributed by atoms with E-state index < -0.39 is 20.6 Å². The molecule has 0 aliphatic heterocycles. The molecule has 0 spiro atoms. The standard InChI is InChI=1S/C12H11BrN4O4S2/c1-7(11-4-5-12(13)22-11)15-16-9-3-2-8(23(14,20)21)6-10(9)17(18)19/h2-6,16H,1H3,(H2,14,20,21). The fourth-order valence-electron chi connectivity index (χ4n) is 1.64. The molecule has 0 saturated carbocycles. The molecule has 1 aromatic carbocycles. The van der Waals surface area contributed by atoms with Gasteiger partial charge in [0.05, 0.1) is 24.2 Å². The third kappa shape index (κ3) is 4.34. The molecule has 0 aliphatic carbocycles. The van der Waals surface area contributed by atoms with Gasteiger partial charge in [-0.2, -0.15) is 5.10 Å². The summed E-state index contributed by atoms with van der Waals surface area (Å²) in [7, 11) is -4.02. The van der Waals surface area contributed by atoms with Crippen molar-refractivity contribution in [3.05, 3.63) is 49.1 Å². The number of hydrogen-bond acceptors (Lipinski definition) is 7. The largest absolute Gasteiger partial charge is 0.295 e. The van der Waals surface area contributed by atoms with Crippen LogP contribution in [0.3, 0.4) is 0 Å². The number of nitrogens with one attached hydrogen (secondary N) is 1. The summed E-state index contributed by atoms with van der Waals surface area (Å²) < 4.78 is 23.5. The van der Waals surface area contributed by atoms with Crippen LogP contribution in [0.1, 0.15) is 11.8 Å². The zero-order valence-electron chi connectivity index (χ0n) is 11.7. The first-order valence-electron chi connectivity index (χ1n) is 6.06. The van der Waals surface area contributed by atoms with Crippen LogP contribution in [0, 0.1) is 10.1 Å². The van der Waals surface area contributed by atoms with Gasteiger partial charge in [-0.15, -0.1) is 11.3 Å². The molecule has 122 valence electrons. The Balaban J connectivity index is 2.34. The summed E-state index contributed by atoms with van der Waals surface area (Å²) in [4.78, 5) is 10.9. The number of benzene rings is 1. The number of nitrogens with two attached hydrogens (primary N) is 1. The Kier molecular flexibility index (Phi) is 5.14. The van der Waals surface area contributed by atoms with Crippen molar-refractivity contribution in [2.24, 2.45) is 10.2 Å². The summed E-state index contributed by atoms with van der Waals surface area (Å²) in [5, 5.41) is 20.2. The van der Waals surface area contributed by atoms with E-state index in [1.807, 2.05) is 12.1 Å². The van der Waals surface area contributed by atoms with Crippen molar-refractivity contribution in [3.8, 4) is 0 Å². The van der Waals surface area contributed by atoms with Crippen molar-refractivity contribution in [2.45, 2.75) is 11.8 Å². The maximum Gasteiger partial charge on any atom is 0.295 e. The van der Waals surface area contributed by atoms with E-state index in [9.17, 15) is 18.5 Å². The number of hydrazone groups is 1. The Morgan fingerprint density at radius 2 is 2.09 bits per heavy atom. The zero-order valence-corrected chi connectivity index (χ0v) is 14.9. The average molecular weight is 419 g/mol. The van der Waals surface area contributed by atoms with Crippen LogP contribution in [0.25, 0.3) is 0 Å². The molecule has 0 saturated heterocycles. The first-order valence-corrected chi connectivity index (χ1v) is 9.21. The molecule has 2 rings (SSSR count). The van der Waals surface area contributed by atoms with Crippen LogP contribution in [0.5, 0.6) is 0 Å². The highest BCUT2D eigenvalue weighted by Crippen LogP contribution is 2.28. The lowest BCUT2D eigenvalue weighted by molar-refractivity contribution is -0.384. The van der Waals surface area contributed by atoms with Crippen LogP contribution >= 0.6 is 27.3 Å². The van der Waals surface area contributed by atoms with Gasteiger partial charge in [0.1, 0.15) is 5.69 Å². The van der Waals surface area contributed by atoms with Gasteiger partial charge in [-0.25, -0.2) is 13.6 Å². The van der Waals surface area contributed by atoms with E-state index in [2.05, 4.69) is 26.5 Å². The molecule has 1 aromatic heterocycles. The third-order valence-electron chi connectivity index (χ3n) is 2.77. The predicted octanol–water partition coefficient (Wildman–Crippen LogP) is 2.90. The van der Waals surface area contributed by atoms with Crippen molar-refractivity contribution in [3.63, 3.8) is 0 Å². The molecule has 0 amide bonds. The van der Waals surface area contributed by atoms with Gasteiger partial charge in [0.15, 0.2) is 0 Å². The molecular formula is C12H11BrN4O4S2. The second-order valence-corrected chi connectivity index (χ2v) is 8.42. The number of nitro groups is 1. The molecule has 11 heteroatoms. The lowest BCUT2D eigenvalue weighted by Crippen LogP contribution is -2.12. The number of hydrogen-bond donors (Lipinski definition) is 2. The van der Waals surface area contributed by atoms with Gasteiger partial charge in [0.2, 0.25) is 10.0 Å². The number of sulfonamides is 1. The Morgan fingerprint density at radius 3 is 2.61 bits per heavy atom. The third-order valence-corrected chi connectivity index (χ3v) is 5.41. The average Bonchev–Trinajstić information content (AvgIpc) is 2.90. The van der Waals surface area contributed by atoms with Crippen molar-refractivity contribution >= 4 is 54.4 Å². The van der Waals surface area contributed by atoms with E-state index in [4.69, 9.17) is 5.14 Å². The highest BCUT2D eigenvalue weighted by atomic mass is 79.9. The molecule has 0 aliphatic rings. The Morgan fingerprint density at radius 1 is 1.39 bits per heavy atom. The molecule has 8 nitrogen and oxygen atoms in total. The van der Waals surface area contributed by atoms with Crippen LogP contribution in [0.4, 0.5) is 11.4 Å². The number of halogens is 1. The lowest BCUT2D eigenvalue weighted by Gasteiger charge is -2.05. The summed E-state index contributed by atoms with van der Waals surface area (Å²) in [6.07, 6.45) is 0. The van der Waals surface area contributed by atoms with Crippen molar-refractivity contribution in [2.75, 3.05) is 5.43 Å². The van der Waals surface area contributed by atoms with Crippen molar-refractivity contribution in [1.82, 2.24) is 0 Å². The van der Waals surface area contributed by atoms with E-state index in [-0.39, 0.29) is 10.6 Å². The number of anilines is 1. The van der Waals surface area contributed by atoms with Crippen molar-refractivity contribution in [1.29, 1.82) is 0 Å². The minimum atomic E-state index is -4.02. The number of primary sulfonamides is 1. The molecule has 0 radical (unpaired) electrons. The Bertz CT molecular complexity index is 892. The fraction of sp³-hybridized carbons (Fsp3) is 0.0833. The maximum atomic E-state index is 11.3. The molecule has 3 N–H and O–H groups in total. The molecule has 1 heterocycles. The summed E-state index contributed by atoms with van der Waals surface area (Å²) >= 11 is 4.80. The van der Waals surface area contributed by atoms with Gasteiger partial charge in [-0.05, 0) is 47.1 Å². The number of rotatable bonds is 5. The topological polar surface area (TPSA) is 128 Å². The summed E-state index contributed by atoms with van der Waals surface area (Å²) in [6, 6.07) is 7.04. The predicted molar refractivity (Wildman–Crippen MR) is 92.3 cm³/mol. The van der Waals surface area contributed by atoms with Crippen LogP contribution in [-0.2, 0) is 10.0 Å². The Labute approximate surface area is 144 Å². The van der Waals surface area contributed by atoms with Gasteiger partial charge in [-0.1, -0.05) is 0 Å². The highest BCUT2D eigenvalue weighted by Gasteiger charge is 2.19. The van der Waals surface area contributed by atoms with Gasteiger partial charge in [0, 0.05) is 6.07 Å². The first-order chi connectivity index (χ1) is 10.7. The minimum Gasteiger partial charge on any atom is -0.271 e. The van der Waals surface area contributed by atoms with Crippen LogP contribution in [-0.4, -0.2) is 19.1 Å². The number of nitro benzene ring substituents is 1. The number of nitrogens with zero attached hydrogens (tertiary/aromatic N) is 2. The summed E-state index contributed by atoms with van der Waals surface area (Å²) in [5.74, 6) is 0. The number of thiophene rings is 1. The molecule has 23 heavy (non-hydrogen) atoms. The van der Waals surface area contributed by atoms with E-state index >= 15 is 0 Å². The first kappa shape index (κ1) is 17.5. The van der Waals surface area contributed by atoms with E-state index in [0.717, 1.165) is 14.7 Å². The van der Waals surface area contributed by atoms with Gasteiger partial charge < -0.3 is 0 Å². The highest BCUT2D eigenvalue weighted by molar-refractivity contribution is 9.11. The van der Waals surface area contributed by atoms with E-state index in [1.165, 1.54) is 23.5 Å². The monoisotopic (exact) mass is 418 g/mol. The molecule has 0 unspecified atom stereocenters. The summed E-state index contributed by atoms with van der Waals surface area (Å²) in [6.45, 7) is 1.75. The maximum absolute atomic E-state index is 11.3. The molecule has 0 atom stereocenters. The second kappa shape index (κ2) is 6.74. The lowest BCUT2D eigenvalue weighted by atomic mass is 10.3. The summed E-state index contributed by atoms with van der Waals surface area (Å²) in [5.41, 5.74) is 2.85. The molecule has 0 fully saturated rings. The van der Waals surface area contributed by atoms with Crippen LogP contribution in [0.2, 0.25) is 0 Å². The van der Waals surface area contributed by atoms with Gasteiger partial charge in [0.25, 0.3) is 5.69 Å². The smallest absolute Gasteiger partial charge is 0.271 e. The SMILES string of the molecule is CC(=NNc1ccc(S(N)(=O)=O)cc1[N+](=O)[O-])c1ccc(Br)s1. The van der Waals surface area contributed by atoms with Crippen molar-refractivity contribution < 1.29 is 13.3 Å². The van der Waals surface area contributed by atoms with Crippen LogP contribution in [0.15, 0.2) is 44.1 Å². The quantitative estimate of drug-likeness (QED) is 0.438. The Hall–Kier alpha value is -1.82. The van der Waals surface area contributed by atoms with E-state index in [1.54, 1.807) is 6.92 Å².